The normalized spacial score (nSPS) is 17.4. The molecular weight excluding hydrogens is 252 g/mol. The van der Waals surface area contributed by atoms with E-state index in [9.17, 15) is 4.79 Å². The van der Waals surface area contributed by atoms with E-state index in [2.05, 4.69) is 34.3 Å². The lowest BCUT2D eigenvalue weighted by Gasteiger charge is -2.39. The molecule has 0 atom stereocenters. The summed E-state index contributed by atoms with van der Waals surface area (Å²) in [5, 5.41) is 6.43. The fraction of sp³-hybridized carbons (Fsp3) is 0.933. The van der Waals surface area contributed by atoms with Crippen molar-refractivity contribution in [2.75, 3.05) is 52.4 Å². The average Bonchev–Trinajstić information content (AvgIpc) is 2.47. The zero-order valence-corrected chi connectivity index (χ0v) is 13.7. The van der Waals surface area contributed by atoms with Crippen molar-refractivity contribution in [2.24, 2.45) is 0 Å². The first-order chi connectivity index (χ1) is 9.52. The number of amides is 1. The van der Waals surface area contributed by atoms with Crippen molar-refractivity contribution in [3.05, 3.63) is 0 Å². The molecule has 118 valence electrons. The highest BCUT2D eigenvalue weighted by molar-refractivity contribution is 5.85. The van der Waals surface area contributed by atoms with Gasteiger partial charge in [0, 0.05) is 39.3 Å². The minimum atomic E-state index is -0.413. The number of nitrogens with one attached hydrogen (secondary N) is 2. The lowest BCUT2D eigenvalue weighted by Crippen LogP contribution is -2.60. The van der Waals surface area contributed by atoms with Crippen molar-refractivity contribution in [3.8, 4) is 0 Å². The highest BCUT2D eigenvalue weighted by Crippen LogP contribution is 2.15. The second-order valence-electron chi connectivity index (χ2n) is 5.99. The fourth-order valence-corrected chi connectivity index (χ4v) is 2.66. The van der Waals surface area contributed by atoms with Crippen LogP contribution in [0.2, 0.25) is 0 Å². The van der Waals surface area contributed by atoms with Crippen molar-refractivity contribution in [1.29, 1.82) is 0 Å². The van der Waals surface area contributed by atoms with E-state index in [4.69, 9.17) is 0 Å². The third-order valence-corrected chi connectivity index (χ3v) is 4.16. The van der Waals surface area contributed by atoms with Gasteiger partial charge in [0.1, 0.15) is 0 Å². The molecule has 1 fully saturated rings. The number of carbonyl (C=O) groups is 1. The molecule has 0 aromatic heterocycles. The van der Waals surface area contributed by atoms with Gasteiger partial charge in [0.2, 0.25) is 5.91 Å². The summed E-state index contributed by atoms with van der Waals surface area (Å²) < 4.78 is 0. The van der Waals surface area contributed by atoms with Crippen LogP contribution in [0.25, 0.3) is 0 Å². The molecule has 1 rings (SSSR count). The lowest BCUT2D eigenvalue weighted by molar-refractivity contribution is -0.132. The maximum absolute atomic E-state index is 12.4. The summed E-state index contributed by atoms with van der Waals surface area (Å²) in [4.78, 5) is 17.0. The second kappa shape index (κ2) is 8.60. The van der Waals surface area contributed by atoms with Crippen LogP contribution in [0, 0.1) is 0 Å². The van der Waals surface area contributed by atoms with Crippen LogP contribution in [0.15, 0.2) is 0 Å². The first-order valence-electron chi connectivity index (χ1n) is 7.98. The molecule has 1 saturated heterocycles. The second-order valence-corrected chi connectivity index (χ2v) is 5.99. The Hall–Kier alpha value is -0.650. The minimum Gasteiger partial charge on any atom is -0.353 e. The predicted octanol–water partition coefficient (Wildman–Crippen LogP) is 0.518. The molecule has 0 radical (unpaired) electrons. The zero-order chi connectivity index (χ0) is 15.0. The topological polar surface area (TPSA) is 47.6 Å². The molecule has 0 unspecified atom stereocenters. The van der Waals surface area contributed by atoms with Gasteiger partial charge in [0.05, 0.1) is 5.54 Å². The standard InChI is InChI=1S/C15H32N4O/c1-5-10-18(6-2)11-9-17-14(20)15(3,4)19-12-7-16-8-13-19/h16H,5-13H2,1-4H3,(H,17,20). The molecule has 0 aromatic carbocycles. The Labute approximate surface area is 124 Å². The molecule has 1 aliphatic rings. The number of hydrogen-bond acceptors (Lipinski definition) is 4. The molecule has 2 N–H and O–H groups in total. The van der Waals surface area contributed by atoms with E-state index < -0.39 is 5.54 Å². The maximum atomic E-state index is 12.4. The molecule has 0 spiro atoms. The minimum absolute atomic E-state index is 0.145. The Morgan fingerprint density at radius 1 is 1.25 bits per heavy atom. The summed E-state index contributed by atoms with van der Waals surface area (Å²) in [6.07, 6.45) is 1.16. The van der Waals surface area contributed by atoms with Crippen molar-refractivity contribution < 1.29 is 4.79 Å². The Morgan fingerprint density at radius 2 is 1.90 bits per heavy atom. The number of likely N-dealkylation sites (N-methyl/N-ethyl adjacent to an activating group) is 1. The maximum Gasteiger partial charge on any atom is 0.239 e. The van der Waals surface area contributed by atoms with Crippen LogP contribution in [0.1, 0.15) is 34.1 Å². The molecule has 0 aromatic rings. The van der Waals surface area contributed by atoms with Crippen LogP contribution >= 0.6 is 0 Å². The van der Waals surface area contributed by atoms with E-state index in [0.29, 0.717) is 0 Å². The van der Waals surface area contributed by atoms with Crippen molar-refractivity contribution in [2.45, 2.75) is 39.7 Å². The summed E-state index contributed by atoms with van der Waals surface area (Å²) in [5.41, 5.74) is -0.413. The van der Waals surface area contributed by atoms with Gasteiger partial charge in [0.15, 0.2) is 0 Å². The Balaban J connectivity index is 2.36. The van der Waals surface area contributed by atoms with Crippen LogP contribution in [0.3, 0.4) is 0 Å². The summed E-state index contributed by atoms with van der Waals surface area (Å²) in [5.74, 6) is 0.145. The van der Waals surface area contributed by atoms with E-state index in [-0.39, 0.29) is 5.91 Å². The third-order valence-electron chi connectivity index (χ3n) is 4.16. The van der Waals surface area contributed by atoms with E-state index in [0.717, 1.165) is 58.8 Å². The first-order valence-corrected chi connectivity index (χ1v) is 7.98. The largest absolute Gasteiger partial charge is 0.353 e. The van der Waals surface area contributed by atoms with Crippen molar-refractivity contribution >= 4 is 5.91 Å². The van der Waals surface area contributed by atoms with Gasteiger partial charge < -0.3 is 15.5 Å². The first kappa shape index (κ1) is 17.4. The van der Waals surface area contributed by atoms with Crippen LogP contribution in [0.4, 0.5) is 0 Å². The van der Waals surface area contributed by atoms with Crippen LogP contribution in [0.5, 0.6) is 0 Å². The molecule has 0 saturated carbocycles. The quantitative estimate of drug-likeness (QED) is 0.682. The predicted molar refractivity (Wildman–Crippen MR) is 83.9 cm³/mol. The summed E-state index contributed by atoms with van der Waals surface area (Å²) in [6.45, 7) is 16.1. The monoisotopic (exact) mass is 284 g/mol. The SMILES string of the molecule is CCCN(CC)CCNC(=O)C(C)(C)N1CCNCC1. The summed E-state index contributed by atoms with van der Waals surface area (Å²) in [6, 6.07) is 0. The van der Waals surface area contributed by atoms with Crippen LogP contribution in [-0.4, -0.2) is 73.6 Å². The van der Waals surface area contributed by atoms with Gasteiger partial charge in [-0.15, -0.1) is 0 Å². The molecular formula is C15H32N4O. The number of piperazine rings is 1. The average molecular weight is 284 g/mol. The number of carbonyl (C=O) groups excluding carboxylic acids is 1. The molecule has 20 heavy (non-hydrogen) atoms. The van der Waals surface area contributed by atoms with Gasteiger partial charge >= 0.3 is 0 Å². The van der Waals surface area contributed by atoms with E-state index in [1.807, 2.05) is 13.8 Å². The summed E-state index contributed by atoms with van der Waals surface area (Å²) >= 11 is 0. The van der Waals surface area contributed by atoms with Crippen molar-refractivity contribution in [1.82, 2.24) is 20.4 Å². The van der Waals surface area contributed by atoms with Crippen molar-refractivity contribution in [3.63, 3.8) is 0 Å². The molecule has 5 heteroatoms. The fourth-order valence-electron chi connectivity index (χ4n) is 2.66. The van der Waals surface area contributed by atoms with E-state index in [1.165, 1.54) is 0 Å². The number of nitrogens with zero attached hydrogens (tertiary/aromatic N) is 2. The van der Waals surface area contributed by atoms with Gasteiger partial charge in [-0.2, -0.15) is 0 Å². The molecule has 1 amide bonds. The number of rotatable bonds is 8. The molecule has 0 bridgehead atoms. The molecule has 1 aliphatic heterocycles. The number of hydrogen-bond donors (Lipinski definition) is 2. The van der Waals surface area contributed by atoms with Crippen LogP contribution < -0.4 is 10.6 Å². The molecule has 5 nitrogen and oxygen atoms in total. The van der Waals surface area contributed by atoms with E-state index >= 15 is 0 Å². The smallest absolute Gasteiger partial charge is 0.239 e. The van der Waals surface area contributed by atoms with Gasteiger partial charge in [-0.1, -0.05) is 13.8 Å². The summed E-state index contributed by atoms with van der Waals surface area (Å²) in [7, 11) is 0. The van der Waals surface area contributed by atoms with Gasteiger partial charge in [-0.3, -0.25) is 9.69 Å². The zero-order valence-electron chi connectivity index (χ0n) is 13.7. The molecule has 0 aliphatic carbocycles. The van der Waals surface area contributed by atoms with E-state index in [1.54, 1.807) is 0 Å². The van der Waals surface area contributed by atoms with Gasteiger partial charge in [0.25, 0.3) is 0 Å². The van der Waals surface area contributed by atoms with Gasteiger partial charge in [-0.05, 0) is 33.4 Å². The third kappa shape index (κ3) is 5.04. The highest BCUT2D eigenvalue weighted by Gasteiger charge is 2.34. The highest BCUT2D eigenvalue weighted by atomic mass is 16.2. The Bertz CT molecular complexity index is 288. The Morgan fingerprint density at radius 3 is 2.45 bits per heavy atom. The molecule has 1 heterocycles. The lowest BCUT2D eigenvalue weighted by atomic mass is 10.0. The van der Waals surface area contributed by atoms with Gasteiger partial charge in [-0.25, -0.2) is 0 Å². The van der Waals surface area contributed by atoms with Crippen LogP contribution in [-0.2, 0) is 4.79 Å². The Kier molecular flexibility index (Phi) is 7.48.